The van der Waals surface area contributed by atoms with Crippen LogP contribution in [0.25, 0.3) is 16.4 Å². The Morgan fingerprint density at radius 2 is 1.96 bits per heavy atom. The summed E-state index contributed by atoms with van der Waals surface area (Å²) in [7, 11) is 0. The highest BCUT2D eigenvalue weighted by Crippen LogP contribution is 2.22. The van der Waals surface area contributed by atoms with Crippen molar-refractivity contribution in [3.05, 3.63) is 75.3 Å². The van der Waals surface area contributed by atoms with Crippen molar-refractivity contribution < 1.29 is 4.52 Å². The fraction of sp³-hybridized carbons (Fsp3) is 0.167. The number of benzene rings is 1. The molecule has 0 aliphatic carbocycles. The number of thiophene rings is 1. The van der Waals surface area contributed by atoms with Crippen LogP contribution in [0.2, 0.25) is 0 Å². The quantitative estimate of drug-likeness (QED) is 0.564. The van der Waals surface area contributed by atoms with Crippen LogP contribution in [-0.4, -0.2) is 19.5 Å². The first-order chi connectivity index (χ1) is 12.1. The molecule has 0 unspecified atom stereocenters. The third-order valence-corrected chi connectivity index (χ3v) is 4.82. The zero-order valence-electron chi connectivity index (χ0n) is 13.8. The molecular formula is C18H16N4O2S. The molecule has 0 atom stereocenters. The predicted molar refractivity (Wildman–Crippen MR) is 96.2 cm³/mol. The number of nitrogens with zero attached hydrogens (tertiary/aromatic N) is 4. The predicted octanol–water partition coefficient (Wildman–Crippen LogP) is 3.42. The van der Waals surface area contributed by atoms with E-state index in [1.54, 1.807) is 4.57 Å². The Kier molecular flexibility index (Phi) is 3.85. The number of aromatic nitrogens is 4. The second-order valence-electron chi connectivity index (χ2n) is 5.84. The molecule has 0 aliphatic rings. The Morgan fingerprint density at radius 1 is 1.16 bits per heavy atom. The minimum atomic E-state index is -0.453. The Labute approximate surface area is 148 Å². The van der Waals surface area contributed by atoms with Crippen molar-refractivity contribution in [1.29, 1.82) is 0 Å². The van der Waals surface area contributed by atoms with E-state index in [0.717, 1.165) is 27.5 Å². The van der Waals surface area contributed by atoms with Crippen LogP contribution in [0.4, 0.5) is 0 Å². The largest absolute Gasteiger partial charge is 0.442 e. The lowest BCUT2D eigenvalue weighted by molar-refractivity contribution is 0.378. The van der Waals surface area contributed by atoms with Gasteiger partial charge in [-0.15, -0.1) is 11.3 Å². The van der Waals surface area contributed by atoms with Crippen LogP contribution < -0.4 is 5.76 Å². The van der Waals surface area contributed by atoms with E-state index in [9.17, 15) is 4.79 Å². The monoisotopic (exact) mass is 352 g/mol. The average Bonchev–Trinajstić information content (AvgIpc) is 3.31. The molecule has 1 aromatic carbocycles. The van der Waals surface area contributed by atoms with Gasteiger partial charge in [0.15, 0.2) is 5.82 Å². The minimum absolute atomic E-state index is 0.410. The zero-order valence-corrected chi connectivity index (χ0v) is 14.7. The van der Waals surface area contributed by atoms with Crippen LogP contribution in [0.3, 0.4) is 0 Å². The molecule has 3 aromatic heterocycles. The molecule has 0 aliphatic heterocycles. The van der Waals surface area contributed by atoms with Crippen LogP contribution in [0.5, 0.6) is 0 Å². The lowest BCUT2D eigenvalue weighted by Crippen LogP contribution is -2.16. The highest BCUT2D eigenvalue weighted by molar-refractivity contribution is 7.13. The summed E-state index contributed by atoms with van der Waals surface area (Å²) in [6.45, 7) is 4.41. The maximum atomic E-state index is 12.0. The summed E-state index contributed by atoms with van der Waals surface area (Å²) in [4.78, 5) is 12.9. The van der Waals surface area contributed by atoms with Crippen molar-refractivity contribution in [2.75, 3.05) is 0 Å². The summed E-state index contributed by atoms with van der Waals surface area (Å²) >= 11 is 1.52. The number of hydrogen-bond donors (Lipinski definition) is 0. The topological polar surface area (TPSA) is 65.8 Å². The number of rotatable bonds is 4. The summed E-state index contributed by atoms with van der Waals surface area (Å²) in [5, 5.41) is 10.3. The molecule has 0 N–H and O–H groups in total. The highest BCUT2D eigenvalue weighted by atomic mass is 32.1. The van der Waals surface area contributed by atoms with E-state index in [0.29, 0.717) is 12.4 Å². The second-order valence-corrected chi connectivity index (χ2v) is 6.79. The summed E-state index contributed by atoms with van der Waals surface area (Å²) in [6, 6.07) is 13.9. The smallest absolute Gasteiger partial charge is 0.295 e. The van der Waals surface area contributed by atoms with Gasteiger partial charge in [0.05, 0.1) is 22.8 Å². The molecule has 4 aromatic rings. The first-order valence-electron chi connectivity index (χ1n) is 7.85. The van der Waals surface area contributed by atoms with Gasteiger partial charge in [0, 0.05) is 5.69 Å². The van der Waals surface area contributed by atoms with Gasteiger partial charge in [-0.1, -0.05) is 23.4 Å². The lowest BCUT2D eigenvalue weighted by atomic mass is 10.2. The number of hydrogen-bond acceptors (Lipinski definition) is 5. The van der Waals surface area contributed by atoms with Gasteiger partial charge >= 0.3 is 5.76 Å². The highest BCUT2D eigenvalue weighted by Gasteiger charge is 2.14. The Hall–Kier alpha value is -2.93. The van der Waals surface area contributed by atoms with Crippen LogP contribution in [0.1, 0.15) is 17.0 Å². The average molecular weight is 352 g/mol. The van der Waals surface area contributed by atoms with E-state index in [1.165, 1.54) is 11.3 Å². The van der Waals surface area contributed by atoms with Crippen LogP contribution in [-0.2, 0) is 6.54 Å². The Morgan fingerprint density at radius 3 is 2.60 bits per heavy atom. The summed E-state index contributed by atoms with van der Waals surface area (Å²) in [6.07, 6.45) is 0. The molecule has 7 heteroatoms. The van der Waals surface area contributed by atoms with Gasteiger partial charge in [-0.2, -0.15) is 5.10 Å². The van der Waals surface area contributed by atoms with Crippen molar-refractivity contribution >= 4 is 11.3 Å². The Bertz CT molecular complexity index is 1060. The normalized spacial score (nSPS) is 11.1. The van der Waals surface area contributed by atoms with E-state index < -0.39 is 5.76 Å². The Balaban J connectivity index is 1.64. The van der Waals surface area contributed by atoms with Gasteiger partial charge in [0.25, 0.3) is 0 Å². The van der Waals surface area contributed by atoms with E-state index in [1.807, 2.05) is 66.4 Å². The molecule has 3 heterocycles. The molecule has 126 valence electrons. The van der Waals surface area contributed by atoms with Crippen molar-refractivity contribution in [2.45, 2.75) is 20.4 Å². The SMILES string of the molecule is Cc1cc(C)n(-c2ccc(Cn3c(-c4cccs4)noc3=O)cc2)n1. The van der Waals surface area contributed by atoms with Gasteiger partial charge in [-0.3, -0.25) is 9.09 Å². The third-order valence-electron chi connectivity index (χ3n) is 3.96. The number of aryl methyl sites for hydroxylation is 2. The van der Waals surface area contributed by atoms with Gasteiger partial charge in [0.2, 0.25) is 0 Å². The molecule has 0 saturated carbocycles. The molecule has 0 fully saturated rings. The fourth-order valence-electron chi connectivity index (χ4n) is 2.81. The van der Waals surface area contributed by atoms with Gasteiger partial charge in [0.1, 0.15) is 0 Å². The lowest BCUT2D eigenvalue weighted by Gasteiger charge is -2.07. The molecule has 0 amide bonds. The van der Waals surface area contributed by atoms with Gasteiger partial charge in [-0.25, -0.2) is 9.48 Å². The van der Waals surface area contributed by atoms with Crippen molar-refractivity contribution in [2.24, 2.45) is 0 Å². The standard InChI is InChI=1S/C18H16N4O2S/c1-12-10-13(2)22(19-12)15-7-5-14(6-8-15)11-21-17(20-24-18(21)23)16-4-3-9-25-16/h3-10H,11H2,1-2H3. The maximum Gasteiger partial charge on any atom is 0.442 e. The molecule has 0 spiro atoms. The zero-order chi connectivity index (χ0) is 17.4. The third kappa shape index (κ3) is 2.94. The maximum absolute atomic E-state index is 12.0. The first-order valence-corrected chi connectivity index (χ1v) is 8.73. The van der Waals surface area contributed by atoms with E-state index in [-0.39, 0.29) is 0 Å². The molecule has 25 heavy (non-hydrogen) atoms. The molecule has 0 radical (unpaired) electrons. The van der Waals surface area contributed by atoms with Crippen LogP contribution in [0, 0.1) is 13.8 Å². The second kappa shape index (κ2) is 6.18. The van der Waals surface area contributed by atoms with E-state index >= 15 is 0 Å². The molecule has 0 saturated heterocycles. The molecule has 0 bridgehead atoms. The minimum Gasteiger partial charge on any atom is -0.295 e. The molecular weight excluding hydrogens is 336 g/mol. The summed E-state index contributed by atoms with van der Waals surface area (Å²) in [5.74, 6) is 0.105. The van der Waals surface area contributed by atoms with Crippen LogP contribution in [0.15, 0.2) is 57.2 Å². The molecule has 6 nitrogen and oxygen atoms in total. The summed E-state index contributed by atoms with van der Waals surface area (Å²) < 4.78 is 8.30. The first kappa shape index (κ1) is 15.6. The van der Waals surface area contributed by atoms with Gasteiger partial charge < -0.3 is 0 Å². The fourth-order valence-corrected chi connectivity index (χ4v) is 3.52. The van der Waals surface area contributed by atoms with E-state index in [4.69, 9.17) is 4.52 Å². The molecule has 4 rings (SSSR count). The van der Waals surface area contributed by atoms with Crippen molar-refractivity contribution in [3.63, 3.8) is 0 Å². The van der Waals surface area contributed by atoms with Gasteiger partial charge in [-0.05, 0) is 49.1 Å². The van der Waals surface area contributed by atoms with Crippen molar-refractivity contribution in [3.8, 4) is 16.4 Å². The van der Waals surface area contributed by atoms with E-state index in [2.05, 4.69) is 10.3 Å². The summed E-state index contributed by atoms with van der Waals surface area (Å²) in [5.41, 5.74) is 4.05. The van der Waals surface area contributed by atoms with Crippen molar-refractivity contribution in [1.82, 2.24) is 19.5 Å². The van der Waals surface area contributed by atoms with Crippen LogP contribution >= 0.6 is 11.3 Å².